The molecular weight excluding hydrogens is 491 g/mol. The first kappa shape index (κ1) is 25.1. The summed E-state index contributed by atoms with van der Waals surface area (Å²) in [5.41, 5.74) is 1.93. The predicted octanol–water partition coefficient (Wildman–Crippen LogP) is 5.35. The number of carbonyl (C=O) groups excluding carboxylic acids is 1. The van der Waals surface area contributed by atoms with E-state index in [1.165, 1.54) is 18.5 Å². The minimum Gasteiger partial charge on any atom is -0.495 e. The van der Waals surface area contributed by atoms with Crippen molar-refractivity contribution < 1.29 is 27.8 Å². The van der Waals surface area contributed by atoms with Crippen LogP contribution >= 0.6 is 0 Å². The second kappa shape index (κ2) is 10.8. The van der Waals surface area contributed by atoms with Gasteiger partial charge in [0.15, 0.2) is 11.5 Å². The van der Waals surface area contributed by atoms with Gasteiger partial charge in [-0.25, -0.2) is 9.97 Å². The van der Waals surface area contributed by atoms with E-state index in [2.05, 4.69) is 21.9 Å². The number of benzene rings is 2. The number of methoxy groups -OCH3 is 2. The van der Waals surface area contributed by atoms with Gasteiger partial charge in [0.2, 0.25) is 5.91 Å². The number of fused-ring (bicyclic) bond motifs is 1. The lowest BCUT2D eigenvalue weighted by Gasteiger charge is -2.31. The molecule has 0 radical (unpaired) electrons. The fourth-order valence-electron chi connectivity index (χ4n) is 4.47. The van der Waals surface area contributed by atoms with Crippen LogP contribution in [-0.2, 0) is 4.79 Å². The van der Waals surface area contributed by atoms with Gasteiger partial charge in [0.05, 0.1) is 25.4 Å². The number of anilines is 2. The van der Waals surface area contributed by atoms with Crippen molar-refractivity contribution in [2.45, 2.75) is 18.9 Å². The molecule has 10 heteroatoms. The quantitative estimate of drug-likeness (QED) is 0.312. The van der Waals surface area contributed by atoms with Crippen LogP contribution in [0.1, 0.15) is 12.8 Å². The molecule has 0 atom stereocenters. The number of rotatable bonds is 8. The van der Waals surface area contributed by atoms with Crippen molar-refractivity contribution in [3.8, 4) is 28.6 Å². The number of nitrogens with one attached hydrogen (secondary N) is 1. The number of furan rings is 1. The summed E-state index contributed by atoms with van der Waals surface area (Å²) in [6, 6.07) is 11.2. The molecular formula is C28H27FN4O5. The summed E-state index contributed by atoms with van der Waals surface area (Å²) in [5.74, 6) is 2.51. The van der Waals surface area contributed by atoms with Gasteiger partial charge in [0.1, 0.15) is 29.8 Å². The number of hydrogen-bond acceptors (Lipinski definition) is 8. The van der Waals surface area contributed by atoms with Crippen LogP contribution in [0.2, 0.25) is 0 Å². The molecule has 3 heterocycles. The van der Waals surface area contributed by atoms with E-state index in [0.717, 1.165) is 0 Å². The Morgan fingerprint density at radius 2 is 1.87 bits per heavy atom. The van der Waals surface area contributed by atoms with Gasteiger partial charge < -0.3 is 28.8 Å². The van der Waals surface area contributed by atoms with Crippen LogP contribution in [0.15, 0.2) is 65.9 Å². The number of hydrogen-bond donors (Lipinski definition) is 1. The third kappa shape index (κ3) is 5.10. The molecule has 1 aliphatic rings. The first-order valence-corrected chi connectivity index (χ1v) is 12.1. The largest absolute Gasteiger partial charge is 0.495 e. The number of amides is 1. The second-order valence-electron chi connectivity index (χ2n) is 8.73. The van der Waals surface area contributed by atoms with E-state index in [1.807, 2.05) is 6.07 Å². The van der Waals surface area contributed by atoms with Crippen LogP contribution in [0.25, 0.3) is 22.2 Å². The zero-order valence-corrected chi connectivity index (χ0v) is 21.1. The number of likely N-dealkylation sites (tertiary alicyclic amines) is 1. The lowest BCUT2D eigenvalue weighted by Crippen LogP contribution is -2.41. The zero-order valence-electron chi connectivity index (χ0n) is 21.1. The molecule has 0 unspecified atom stereocenters. The van der Waals surface area contributed by atoms with Gasteiger partial charge in [-0.1, -0.05) is 6.58 Å². The minimum atomic E-state index is -0.661. The van der Waals surface area contributed by atoms with E-state index in [0.29, 0.717) is 76.9 Å². The molecule has 2 aromatic carbocycles. The number of carbonyl (C=O) groups is 1. The van der Waals surface area contributed by atoms with E-state index < -0.39 is 6.01 Å². The Balaban J connectivity index is 1.45. The molecule has 1 amide bonds. The van der Waals surface area contributed by atoms with Crippen molar-refractivity contribution in [2.75, 3.05) is 32.6 Å². The number of piperidine rings is 1. The third-order valence-corrected chi connectivity index (χ3v) is 6.45. The van der Waals surface area contributed by atoms with Crippen LogP contribution in [-0.4, -0.2) is 54.2 Å². The van der Waals surface area contributed by atoms with Gasteiger partial charge in [0.25, 0.3) is 6.01 Å². The summed E-state index contributed by atoms with van der Waals surface area (Å²) in [6.07, 6.45) is 4.08. The Labute approximate surface area is 218 Å². The summed E-state index contributed by atoms with van der Waals surface area (Å²) in [5, 5.41) is 4.02. The third-order valence-electron chi connectivity index (χ3n) is 6.45. The maximum absolute atomic E-state index is 13.5. The summed E-state index contributed by atoms with van der Waals surface area (Å²) >= 11 is 0. The topological polar surface area (TPSA) is 99.0 Å². The first-order valence-electron chi connectivity index (χ1n) is 12.1. The van der Waals surface area contributed by atoms with E-state index >= 15 is 0 Å². The standard InChI is InChI=1S/C28H27FN4O5/c1-4-27(34)33-11-9-18(10-12-33)37-25-14-19-20(15-24(25)36-3)30-16-31-28(19)32-21-13-17(5-6-23(21)35-2)22-7-8-26(29)38-22/h4-8,13-16,18H,1,9-12H2,2-3H3,(H,30,31,32). The van der Waals surface area contributed by atoms with Crippen molar-refractivity contribution in [2.24, 2.45) is 0 Å². The normalized spacial score (nSPS) is 13.8. The smallest absolute Gasteiger partial charge is 0.278 e. The van der Waals surface area contributed by atoms with E-state index in [4.69, 9.17) is 18.6 Å². The molecule has 4 aromatic rings. The van der Waals surface area contributed by atoms with Gasteiger partial charge in [-0.3, -0.25) is 4.79 Å². The highest BCUT2D eigenvalue weighted by molar-refractivity contribution is 5.93. The average Bonchev–Trinajstić information content (AvgIpc) is 3.39. The molecule has 0 aliphatic carbocycles. The van der Waals surface area contributed by atoms with Gasteiger partial charge in [-0.15, -0.1) is 0 Å². The summed E-state index contributed by atoms with van der Waals surface area (Å²) in [6.45, 7) is 4.75. The van der Waals surface area contributed by atoms with Crippen LogP contribution in [0.3, 0.4) is 0 Å². The van der Waals surface area contributed by atoms with Crippen LogP contribution < -0.4 is 19.5 Å². The molecule has 0 bridgehead atoms. The molecule has 38 heavy (non-hydrogen) atoms. The molecule has 196 valence electrons. The predicted molar refractivity (Wildman–Crippen MR) is 140 cm³/mol. The van der Waals surface area contributed by atoms with Gasteiger partial charge in [0, 0.05) is 49.0 Å². The fraction of sp³-hybridized carbons (Fsp3) is 0.250. The van der Waals surface area contributed by atoms with Crippen molar-refractivity contribution >= 4 is 28.3 Å². The van der Waals surface area contributed by atoms with Gasteiger partial charge >= 0.3 is 0 Å². The Hall–Kier alpha value is -4.60. The van der Waals surface area contributed by atoms with Crippen LogP contribution in [0, 0.1) is 6.01 Å². The monoisotopic (exact) mass is 518 g/mol. The molecule has 1 N–H and O–H groups in total. The lowest BCUT2D eigenvalue weighted by molar-refractivity contribution is -0.127. The van der Waals surface area contributed by atoms with E-state index in [-0.39, 0.29) is 12.0 Å². The van der Waals surface area contributed by atoms with Crippen molar-refractivity contribution in [1.29, 1.82) is 0 Å². The first-order chi connectivity index (χ1) is 18.5. The fourth-order valence-corrected chi connectivity index (χ4v) is 4.47. The highest BCUT2D eigenvalue weighted by atomic mass is 19.1. The van der Waals surface area contributed by atoms with E-state index in [9.17, 15) is 9.18 Å². The Morgan fingerprint density at radius 1 is 1.08 bits per heavy atom. The van der Waals surface area contributed by atoms with Crippen molar-refractivity contribution in [3.63, 3.8) is 0 Å². The van der Waals surface area contributed by atoms with E-state index in [1.54, 1.807) is 49.5 Å². The molecule has 2 aromatic heterocycles. The molecule has 1 fully saturated rings. The molecule has 0 saturated carbocycles. The van der Waals surface area contributed by atoms with Crippen LogP contribution in [0.4, 0.5) is 15.9 Å². The zero-order chi connectivity index (χ0) is 26.6. The summed E-state index contributed by atoms with van der Waals surface area (Å²) < 4.78 is 36.0. The maximum atomic E-state index is 13.5. The van der Waals surface area contributed by atoms with Crippen molar-refractivity contribution in [1.82, 2.24) is 14.9 Å². The van der Waals surface area contributed by atoms with Gasteiger partial charge in [-0.2, -0.15) is 4.39 Å². The molecule has 9 nitrogen and oxygen atoms in total. The minimum absolute atomic E-state index is 0.0729. The Morgan fingerprint density at radius 3 is 2.55 bits per heavy atom. The number of nitrogens with zero attached hydrogens (tertiary/aromatic N) is 3. The molecule has 1 saturated heterocycles. The Bertz CT molecular complexity index is 1480. The molecule has 1 aliphatic heterocycles. The lowest BCUT2D eigenvalue weighted by atomic mass is 10.1. The summed E-state index contributed by atoms with van der Waals surface area (Å²) in [4.78, 5) is 22.5. The maximum Gasteiger partial charge on any atom is 0.278 e. The summed E-state index contributed by atoms with van der Waals surface area (Å²) in [7, 11) is 3.14. The number of ether oxygens (including phenoxy) is 3. The second-order valence-corrected chi connectivity index (χ2v) is 8.73. The van der Waals surface area contributed by atoms with Gasteiger partial charge in [-0.05, 0) is 36.4 Å². The number of aromatic nitrogens is 2. The van der Waals surface area contributed by atoms with Crippen LogP contribution in [0.5, 0.6) is 17.2 Å². The molecule has 0 spiro atoms. The SMILES string of the molecule is C=CC(=O)N1CCC(Oc2cc3c(Nc4cc(-c5ccc(F)o5)ccc4OC)ncnc3cc2OC)CC1. The highest BCUT2D eigenvalue weighted by Gasteiger charge is 2.24. The number of halogens is 1. The van der Waals surface area contributed by atoms with Crippen molar-refractivity contribution in [3.05, 3.63) is 67.5 Å². The highest BCUT2D eigenvalue weighted by Crippen LogP contribution is 2.38. The molecule has 5 rings (SSSR count). The average molecular weight is 519 g/mol. The Kier molecular flexibility index (Phi) is 7.12.